The van der Waals surface area contributed by atoms with Gasteiger partial charge in [0.05, 0.1) is 12.1 Å². The molecule has 2 amide bonds. The second-order valence-corrected chi connectivity index (χ2v) is 5.75. The minimum Gasteiger partial charge on any atom is -0.490 e. The first kappa shape index (κ1) is 19.2. The second kappa shape index (κ2) is 9.36. The third kappa shape index (κ3) is 6.01. The number of nitrogens with one attached hydrogen (secondary N) is 1. The molecule has 6 nitrogen and oxygen atoms in total. The van der Waals surface area contributed by atoms with Gasteiger partial charge in [0.2, 0.25) is 0 Å². The Balaban J connectivity index is 1.83. The molecule has 2 aromatic rings. The Labute approximate surface area is 156 Å². The van der Waals surface area contributed by atoms with Gasteiger partial charge in [-0.1, -0.05) is 29.3 Å². The van der Waals surface area contributed by atoms with Gasteiger partial charge >= 0.3 is 6.03 Å². The van der Waals surface area contributed by atoms with E-state index in [1.807, 2.05) is 0 Å². The molecule has 2 rings (SSSR count). The Kier molecular flexibility index (Phi) is 7.18. The van der Waals surface area contributed by atoms with Crippen molar-refractivity contribution in [1.82, 2.24) is 5.06 Å². The summed E-state index contributed by atoms with van der Waals surface area (Å²) in [5, 5.41) is 4.76. The van der Waals surface area contributed by atoms with Crippen molar-refractivity contribution in [2.75, 3.05) is 32.7 Å². The summed E-state index contributed by atoms with van der Waals surface area (Å²) >= 11 is 11.9. The van der Waals surface area contributed by atoms with Crippen LogP contribution in [0.15, 0.2) is 42.5 Å². The number of urea groups is 1. The van der Waals surface area contributed by atoms with E-state index in [9.17, 15) is 4.79 Å². The SMILES string of the molecule is CON(C)C(=O)Nc1cccc(OCCOc2ccc(Cl)cc2Cl)c1. The summed E-state index contributed by atoms with van der Waals surface area (Å²) in [6.45, 7) is 0.624. The van der Waals surface area contributed by atoms with Gasteiger partial charge in [-0.2, -0.15) is 0 Å². The number of hydrogen-bond donors (Lipinski definition) is 1. The molecule has 0 fully saturated rings. The van der Waals surface area contributed by atoms with Gasteiger partial charge in [0.15, 0.2) is 0 Å². The van der Waals surface area contributed by atoms with Gasteiger partial charge in [-0.15, -0.1) is 0 Å². The lowest BCUT2D eigenvalue weighted by molar-refractivity contribution is -0.0598. The summed E-state index contributed by atoms with van der Waals surface area (Å²) in [7, 11) is 2.92. The molecule has 0 atom stereocenters. The van der Waals surface area contributed by atoms with Gasteiger partial charge in [0.25, 0.3) is 0 Å². The smallest absolute Gasteiger partial charge is 0.345 e. The summed E-state index contributed by atoms with van der Waals surface area (Å²) in [5.41, 5.74) is 0.591. The topological polar surface area (TPSA) is 60.0 Å². The predicted molar refractivity (Wildman–Crippen MR) is 97.7 cm³/mol. The van der Waals surface area contributed by atoms with E-state index >= 15 is 0 Å². The number of benzene rings is 2. The largest absolute Gasteiger partial charge is 0.490 e. The van der Waals surface area contributed by atoms with E-state index in [1.165, 1.54) is 14.2 Å². The van der Waals surface area contributed by atoms with Gasteiger partial charge in [-0.05, 0) is 30.3 Å². The number of hydroxylamine groups is 2. The van der Waals surface area contributed by atoms with Gasteiger partial charge in [-0.3, -0.25) is 4.84 Å². The van der Waals surface area contributed by atoms with Crippen LogP contribution in [-0.2, 0) is 4.84 Å². The number of anilines is 1. The standard InChI is InChI=1S/C17H18Cl2N2O4/c1-21(23-2)17(22)20-13-4-3-5-14(11-13)24-8-9-25-16-7-6-12(18)10-15(16)19/h3-7,10-11H,8-9H2,1-2H3,(H,20,22). The second-order valence-electron chi connectivity index (χ2n) is 4.91. The summed E-state index contributed by atoms with van der Waals surface area (Å²) in [6.07, 6.45) is 0. The van der Waals surface area contributed by atoms with Crippen LogP contribution in [0.1, 0.15) is 0 Å². The highest BCUT2D eigenvalue weighted by atomic mass is 35.5. The quantitative estimate of drug-likeness (QED) is 0.564. The Morgan fingerprint density at radius 2 is 1.88 bits per heavy atom. The Morgan fingerprint density at radius 1 is 1.12 bits per heavy atom. The molecule has 0 heterocycles. The van der Waals surface area contributed by atoms with E-state index in [4.69, 9.17) is 37.5 Å². The lowest BCUT2D eigenvalue weighted by Gasteiger charge is -2.15. The van der Waals surface area contributed by atoms with Gasteiger partial charge in [0, 0.05) is 23.8 Å². The summed E-state index contributed by atoms with van der Waals surface area (Å²) in [6, 6.07) is 11.6. The van der Waals surface area contributed by atoms with E-state index in [1.54, 1.807) is 42.5 Å². The number of carbonyl (C=O) groups is 1. The van der Waals surface area contributed by atoms with Crippen LogP contribution in [0.2, 0.25) is 10.0 Å². The molecule has 0 bridgehead atoms. The molecule has 0 aliphatic rings. The Hall–Kier alpha value is -2.15. The van der Waals surface area contributed by atoms with Crippen LogP contribution in [0, 0.1) is 0 Å². The molecule has 0 aromatic heterocycles. The normalized spacial score (nSPS) is 10.2. The first-order valence-electron chi connectivity index (χ1n) is 7.39. The zero-order valence-corrected chi connectivity index (χ0v) is 15.3. The highest BCUT2D eigenvalue weighted by molar-refractivity contribution is 6.35. The number of nitrogens with zero attached hydrogens (tertiary/aromatic N) is 1. The minimum atomic E-state index is -0.389. The Morgan fingerprint density at radius 3 is 2.60 bits per heavy atom. The molecule has 1 N–H and O–H groups in total. The third-order valence-electron chi connectivity index (χ3n) is 3.15. The average Bonchev–Trinajstić information content (AvgIpc) is 2.59. The molecule has 2 aromatic carbocycles. The first-order chi connectivity index (χ1) is 12.0. The van der Waals surface area contributed by atoms with Crippen LogP contribution < -0.4 is 14.8 Å². The van der Waals surface area contributed by atoms with Crippen LogP contribution in [0.5, 0.6) is 11.5 Å². The van der Waals surface area contributed by atoms with Crippen molar-refractivity contribution in [2.24, 2.45) is 0 Å². The van der Waals surface area contributed by atoms with Gasteiger partial charge in [0.1, 0.15) is 24.7 Å². The molecule has 0 saturated heterocycles. The summed E-state index contributed by atoms with van der Waals surface area (Å²) < 4.78 is 11.2. The van der Waals surface area contributed by atoms with Crippen molar-refractivity contribution in [3.05, 3.63) is 52.5 Å². The van der Waals surface area contributed by atoms with E-state index in [-0.39, 0.29) is 6.03 Å². The minimum absolute atomic E-state index is 0.310. The molecule has 0 aliphatic heterocycles. The van der Waals surface area contributed by atoms with Crippen molar-refractivity contribution < 1.29 is 19.1 Å². The van der Waals surface area contributed by atoms with Crippen LogP contribution in [0.4, 0.5) is 10.5 Å². The fourth-order valence-electron chi connectivity index (χ4n) is 1.85. The molecule has 0 aliphatic carbocycles. The molecule has 25 heavy (non-hydrogen) atoms. The zero-order valence-electron chi connectivity index (χ0n) is 13.8. The average molecular weight is 385 g/mol. The molecule has 0 saturated carbocycles. The fraction of sp³-hybridized carbons (Fsp3) is 0.235. The maximum atomic E-state index is 11.7. The Bertz CT molecular complexity index is 728. The number of rotatable bonds is 7. The van der Waals surface area contributed by atoms with E-state index in [0.717, 1.165) is 5.06 Å². The number of hydrogen-bond acceptors (Lipinski definition) is 4. The molecular weight excluding hydrogens is 367 g/mol. The molecular formula is C17H18Cl2N2O4. The highest BCUT2D eigenvalue weighted by Gasteiger charge is 2.08. The predicted octanol–water partition coefficient (Wildman–Crippen LogP) is 4.48. The maximum absolute atomic E-state index is 11.7. The van der Waals surface area contributed by atoms with Crippen molar-refractivity contribution in [2.45, 2.75) is 0 Å². The number of ether oxygens (including phenoxy) is 2. The number of halogens is 2. The monoisotopic (exact) mass is 384 g/mol. The van der Waals surface area contributed by atoms with Crippen LogP contribution in [-0.4, -0.2) is 38.5 Å². The van der Waals surface area contributed by atoms with Gasteiger partial charge in [-0.25, -0.2) is 9.86 Å². The van der Waals surface area contributed by atoms with Crippen LogP contribution >= 0.6 is 23.2 Å². The van der Waals surface area contributed by atoms with Gasteiger partial charge < -0.3 is 14.8 Å². The fourth-order valence-corrected chi connectivity index (χ4v) is 2.32. The lowest BCUT2D eigenvalue weighted by Crippen LogP contribution is -2.30. The van der Waals surface area contributed by atoms with Crippen molar-refractivity contribution in [1.29, 1.82) is 0 Å². The molecule has 0 radical (unpaired) electrons. The van der Waals surface area contributed by atoms with E-state index in [0.29, 0.717) is 40.4 Å². The van der Waals surface area contributed by atoms with Crippen molar-refractivity contribution in [3.8, 4) is 11.5 Å². The molecule has 0 unspecified atom stereocenters. The summed E-state index contributed by atoms with van der Waals surface area (Å²) in [5.74, 6) is 1.14. The third-order valence-corrected chi connectivity index (χ3v) is 3.68. The van der Waals surface area contributed by atoms with Crippen LogP contribution in [0.25, 0.3) is 0 Å². The van der Waals surface area contributed by atoms with E-state index < -0.39 is 0 Å². The first-order valence-corrected chi connectivity index (χ1v) is 8.14. The number of amides is 2. The van der Waals surface area contributed by atoms with Crippen LogP contribution in [0.3, 0.4) is 0 Å². The lowest BCUT2D eigenvalue weighted by atomic mass is 10.3. The van der Waals surface area contributed by atoms with Crippen molar-refractivity contribution >= 4 is 34.9 Å². The zero-order chi connectivity index (χ0) is 18.2. The summed E-state index contributed by atoms with van der Waals surface area (Å²) in [4.78, 5) is 16.5. The maximum Gasteiger partial charge on any atom is 0.345 e. The van der Waals surface area contributed by atoms with Crippen molar-refractivity contribution in [3.63, 3.8) is 0 Å². The molecule has 0 spiro atoms. The molecule has 134 valence electrons. The van der Waals surface area contributed by atoms with E-state index in [2.05, 4.69) is 5.32 Å². The number of carbonyl (C=O) groups excluding carboxylic acids is 1. The highest BCUT2D eigenvalue weighted by Crippen LogP contribution is 2.27. The molecule has 8 heteroatoms.